The van der Waals surface area contributed by atoms with Crippen LogP contribution in [-0.4, -0.2) is 40.0 Å². The first-order valence-corrected chi connectivity index (χ1v) is 9.56. The van der Waals surface area contributed by atoms with Crippen molar-refractivity contribution >= 4 is 29.2 Å². The van der Waals surface area contributed by atoms with E-state index in [-0.39, 0.29) is 30.3 Å². The number of carbonyl (C=O) groups is 1. The van der Waals surface area contributed by atoms with Crippen molar-refractivity contribution < 1.29 is 4.79 Å². The maximum atomic E-state index is 12.7. The maximum absolute atomic E-state index is 12.7. The predicted octanol–water partition coefficient (Wildman–Crippen LogP) is 2.55. The Labute approximate surface area is 176 Å². The van der Waals surface area contributed by atoms with E-state index in [0.29, 0.717) is 37.1 Å². The van der Waals surface area contributed by atoms with Crippen LogP contribution < -0.4 is 11.3 Å². The van der Waals surface area contributed by atoms with Crippen LogP contribution in [-0.2, 0) is 17.8 Å². The van der Waals surface area contributed by atoms with E-state index in [1.165, 1.54) is 16.5 Å². The molecule has 1 amide bonds. The van der Waals surface area contributed by atoms with Gasteiger partial charge in [-0.15, -0.1) is 12.4 Å². The lowest BCUT2D eigenvalue weighted by Crippen LogP contribution is -2.37. The summed E-state index contributed by atoms with van der Waals surface area (Å²) in [6, 6.07) is 15.6. The van der Waals surface area contributed by atoms with Crippen LogP contribution in [0.25, 0.3) is 10.9 Å². The van der Waals surface area contributed by atoms with Crippen molar-refractivity contribution in [2.24, 2.45) is 5.73 Å². The Kier molecular flexibility index (Phi) is 8.36. The molecule has 0 unspecified atom stereocenters. The average molecular weight is 415 g/mol. The van der Waals surface area contributed by atoms with E-state index < -0.39 is 0 Å². The number of amides is 1. The molecule has 0 spiro atoms. The Bertz CT molecular complexity index is 1000. The standard InChI is InChI=1S/C22H26N4O2.ClH/c1-17-6-5-9-19-21(17)24-16-26(22(19)28)14-11-20(27)25(15-12-23)13-10-18-7-3-2-4-8-18;/h2-9,16H,10-15,23H2,1H3;1H. The van der Waals surface area contributed by atoms with Gasteiger partial charge in [-0.3, -0.25) is 14.2 Å². The molecule has 0 fully saturated rings. The molecule has 0 atom stereocenters. The van der Waals surface area contributed by atoms with Crippen molar-refractivity contribution in [2.45, 2.75) is 26.3 Å². The largest absolute Gasteiger partial charge is 0.341 e. The van der Waals surface area contributed by atoms with Crippen molar-refractivity contribution in [2.75, 3.05) is 19.6 Å². The van der Waals surface area contributed by atoms with Crippen molar-refractivity contribution in [3.63, 3.8) is 0 Å². The third kappa shape index (κ3) is 5.65. The van der Waals surface area contributed by atoms with E-state index in [4.69, 9.17) is 5.73 Å². The van der Waals surface area contributed by atoms with E-state index in [1.807, 2.05) is 49.4 Å². The van der Waals surface area contributed by atoms with Gasteiger partial charge in [0.2, 0.25) is 5.91 Å². The molecule has 154 valence electrons. The molecule has 3 rings (SSSR count). The number of hydrogen-bond acceptors (Lipinski definition) is 4. The van der Waals surface area contributed by atoms with E-state index in [0.717, 1.165) is 12.0 Å². The number of carbonyl (C=O) groups excluding carboxylic acids is 1. The maximum Gasteiger partial charge on any atom is 0.261 e. The zero-order valence-corrected chi connectivity index (χ0v) is 17.4. The lowest BCUT2D eigenvalue weighted by atomic mass is 10.1. The summed E-state index contributed by atoms with van der Waals surface area (Å²) >= 11 is 0. The van der Waals surface area contributed by atoms with Crippen LogP contribution in [0.4, 0.5) is 0 Å². The Balaban J connectivity index is 0.00000300. The highest BCUT2D eigenvalue weighted by molar-refractivity contribution is 5.85. The van der Waals surface area contributed by atoms with Crippen LogP contribution in [0.15, 0.2) is 59.7 Å². The average Bonchev–Trinajstić information content (AvgIpc) is 2.71. The summed E-state index contributed by atoms with van der Waals surface area (Å²) < 4.78 is 1.51. The smallest absolute Gasteiger partial charge is 0.261 e. The number of fused-ring (bicyclic) bond motifs is 1. The lowest BCUT2D eigenvalue weighted by Gasteiger charge is -2.22. The third-order valence-corrected chi connectivity index (χ3v) is 4.89. The van der Waals surface area contributed by atoms with Gasteiger partial charge in [0.05, 0.1) is 17.2 Å². The molecule has 2 N–H and O–H groups in total. The molecular formula is C22H27ClN4O2. The highest BCUT2D eigenvalue weighted by Crippen LogP contribution is 2.11. The number of halogens is 1. The van der Waals surface area contributed by atoms with Crippen LogP contribution in [0.1, 0.15) is 17.5 Å². The molecule has 0 aliphatic rings. The highest BCUT2D eigenvalue weighted by atomic mass is 35.5. The number of aryl methyl sites for hydroxylation is 2. The summed E-state index contributed by atoms with van der Waals surface area (Å²) in [4.78, 5) is 31.5. The fraction of sp³-hybridized carbons (Fsp3) is 0.318. The van der Waals surface area contributed by atoms with Gasteiger partial charge in [-0.05, 0) is 30.5 Å². The Morgan fingerprint density at radius 2 is 1.86 bits per heavy atom. The van der Waals surface area contributed by atoms with Crippen molar-refractivity contribution in [1.82, 2.24) is 14.5 Å². The minimum absolute atomic E-state index is 0. The number of para-hydroxylation sites is 1. The molecule has 3 aromatic rings. The van der Waals surface area contributed by atoms with Crippen molar-refractivity contribution in [1.29, 1.82) is 0 Å². The molecule has 7 heteroatoms. The zero-order chi connectivity index (χ0) is 19.9. The monoisotopic (exact) mass is 414 g/mol. The van der Waals surface area contributed by atoms with Gasteiger partial charge in [0.1, 0.15) is 0 Å². The SMILES string of the molecule is Cc1cccc2c(=O)n(CCC(=O)N(CCN)CCc3ccccc3)cnc12.Cl. The lowest BCUT2D eigenvalue weighted by molar-refractivity contribution is -0.131. The molecule has 0 radical (unpaired) electrons. The number of benzene rings is 2. The summed E-state index contributed by atoms with van der Waals surface area (Å²) in [5, 5.41) is 0.581. The summed E-state index contributed by atoms with van der Waals surface area (Å²) in [6.45, 7) is 3.78. The molecule has 0 saturated heterocycles. The molecule has 2 aromatic carbocycles. The first-order valence-electron chi connectivity index (χ1n) is 9.56. The molecule has 0 aliphatic carbocycles. The van der Waals surface area contributed by atoms with Crippen molar-refractivity contribution in [3.8, 4) is 0 Å². The Morgan fingerprint density at radius 3 is 2.59 bits per heavy atom. The first kappa shape index (κ1) is 22.6. The van der Waals surface area contributed by atoms with Gasteiger partial charge in [-0.2, -0.15) is 0 Å². The van der Waals surface area contributed by atoms with Gasteiger partial charge < -0.3 is 10.6 Å². The van der Waals surface area contributed by atoms with Crippen LogP contribution in [0.2, 0.25) is 0 Å². The molecule has 1 heterocycles. The minimum Gasteiger partial charge on any atom is -0.341 e. The number of aromatic nitrogens is 2. The van der Waals surface area contributed by atoms with Crippen LogP contribution in [0.5, 0.6) is 0 Å². The van der Waals surface area contributed by atoms with E-state index in [9.17, 15) is 9.59 Å². The summed E-state index contributed by atoms with van der Waals surface area (Å²) in [6.07, 6.45) is 2.55. The number of nitrogens with two attached hydrogens (primary N) is 1. The normalized spacial score (nSPS) is 10.6. The van der Waals surface area contributed by atoms with E-state index in [1.54, 1.807) is 11.0 Å². The molecule has 6 nitrogen and oxygen atoms in total. The number of hydrogen-bond donors (Lipinski definition) is 1. The molecular weight excluding hydrogens is 388 g/mol. The highest BCUT2D eigenvalue weighted by Gasteiger charge is 2.14. The summed E-state index contributed by atoms with van der Waals surface area (Å²) in [7, 11) is 0. The molecule has 1 aromatic heterocycles. The third-order valence-electron chi connectivity index (χ3n) is 4.89. The quantitative estimate of drug-likeness (QED) is 0.614. The minimum atomic E-state index is -0.115. The fourth-order valence-electron chi connectivity index (χ4n) is 3.30. The second-order valence-electron chi connectivity index (χ2n) is 6.87. The summed E-state index contributed by atoms with van der Waals surface area (Å²) in [5.74, 6) is -0.00220. The molecule has 0 bridgehead atoms. The van der Waals surface area contributed by atoms with Crippen LogP contribution in [0, 0.1) is 6.92 Å². The Hall–Kier alpha value is -2.70. The molecule has 0 saturated carbocycles. The van der Waals surface area contributed by atoms with Gasteiger partial charge in [0.25, 0.3) is 5.56 Å². The second-order valence-corrected chi connectivity index (χ2v) is 6.87. The number of nitrogens with zero attached hydrogens (tertiary/aromatic N) is 3. The van der Waals surface area contributed by atoms with Gasteiger partial charge in [-0.1, -0.05) is 42.5 Å². The first-order chi connectivity index (χ1) is 13.6. The second kappa shape index (κ2) is 10.7. The van der Waals surface area contributed by atoms with Gasteiger partial charge in [0, 0.05) is 32.6 Å². The van der Waals surface area contributed by atoms with E-state index in [2.05, 4.69) is 4.98 Å². The van der Waals surface area contributed by atoms with Gasteiger partial charge >= 0.3 is 0 Å². The van der Waals surface area contributed by atoms with Gasteiger partial charge in [0.15, 0.2) is 0 Å². The van der Waals surface area contributed by atoms with Crippen molar-refractivity contribution in [3.05, 3.63) is 76.3 Å². The fourth-order valence-corrected chi connectivity index (χ4v) is 3.30. The van der Waals surface area contributed by atoms with Crippen LogP contribution >= 0.6 is 12.4 Å². The summed E-state index contributed by atoms with van der Waals surface area (Å²) in [5.41, 5.74) is 8.43. The Morgan fingerprint density at radius 1 is 1.10 bits per heavy atom. The van der Waals surface area contributed by atoms with Gasteiger partial charge in [-0.25, -0.2) is 4.98 Å². The van der Waals surface area contributed by atoms with E-state index >= 15 is 0 Å². The molecule has 29 heavy (non-hydrogen) atoms. The number of rotatable bonds is 8. The van der Waals surface area contributed by atoms with Crippen LogP contribution in [0.3, 0.4) is 0 Å². The topological polar surface area (TPSA) is 81.2 Å². The predicted molar refractivity (Wildman–Crippen MR) is 118 cm³/mol. The molecule has 0 aliphatic heterocycles. The zero-order valence-electron chi connectivity index (χ0n) is 16.6.